The van der Waals surface area contributed by atoms with Crippen molar-refractivity contribution >= 4 is 23.0 Å². The summed E-state index contributed by atoms with van der Waals surface area (Å²) in [5.74, 6) is 1.88. The van der Waals surface area contributed by atoms with Crippen LogP contribution in [0.1, 0.15) is 25.0 Å². The number of rotatable bonds is 3. The summed E-state index contributed by atoms with van der Waals surface area (Å²) in [6, 6.07) is 8.12. The summed E-state index contributed by atoms with van der Waals surface area (Å²) in [7, 11) is 0. The minimum atomic E-state index is 0.806. The summed E-state index contributed by atoms with van der Waals surface area (Å²) in [6.45, 7) is 4.16. The van der Waals surface area contributed by atoms with Crippen molar-refractivity contribution in [1.82, 2.24) is 19.6 Å². The molecule has 0 unspecified atom stereocenters. The maximum absolute atomic E-state index is 4.77. The van der Waals surface area contributed by atoms with Crippen molar-refractivity contribution < 1.29 is 0 Å². The highest BCUT2D eigenvalue weighted by molar-refractivity contribution is 5.72. The Morgan fingerprint density at radius 1 is 1.13 bits per heavy atom. The molecule has 1 aliphatic rings. The molecule has 6 nitrogen and oxygen atoms in total. The Morgan fingerprint density at radius 2 is 2.00 bits per heavy atom. The summed E-state index contributed by atoms with van der Waals surface area (Å²) in [4.78, 5) is 11.5. The molecule has 0 radical (unpaired) electrons. The zero-order valence-corrected chi connectivity index (χ0v) is 13.2. The molecule has 0 aliphatic carbocycles. The molecule has 4 rings (SSSR count). The highest BCUT2D eigenvalue weighted by Gasteiger charge is 2.13. The number of fused-ring (bicyclic) bond motifs is 1. The molecule has 0 atom stereocenters. The van der Waals surface area contributed by atoms with Crippen LogP contribution in [-0.2, 0) is 0 Å². The van der Waals surface area contributed by atoms with Gasteiger partial charge in [0, 0.05) is 25.5 Å². The first-order valence-corrected chi connectivity index (χ1v) is 8.10. The van der Waals surface area contributed by atoms with E-state index < -0.39 is 0 Å². The lowest BCUT2D eigenvalue weighted by Gasteiger charge is -2.28. The maximum atomic E-state index is 4.77. The van der Waals surface area contributed by atoms with Crippen LogP contribution < -0.4 is 10.2 Å². The van der Waals surface area contributed by atoms with Gasteiger partial charge in [-0.25, -0.2) is 14.5 Å². The van der Waals surface area contributed by atoms with Crippen molar-refractivity contribution in [3.05, 3.63) is 42.4 Å². The average molecular weight is 308 g/mol. The summed E-state index contributed by atoms with van der Waals surface area (Å²) in [5, 5.41) is 7.81. The van der Waals surface area contributed by atoms with Gasteiger partial charge in [0.05, 0.1) is 11.4 Å². The lowest BCUT2D eigenvalue weighted by molar-refractivity contribution is 0.573. The molecule has 0 bridgehead atoms. The molecular formula is C17H20N6. The van der Waals surface area contributed by atoms with Crippen LogP contribution in [0.5, 0.6) is 0 Å². The van der Waals surface area contributed by atoms with E-state index in [0.29, 0.717) is 0 Å². The number of nitrogens with zero attached hydrogens (tertiary/aromatic N) is 5. The van der Waals surface area contributed by atoms with E-state index >= 15 is 0 Å². The fraction of sp³-hybridized carbons (Fsp3) is 0.353. The van der Waals surface area contributed by atoms with Gasteiger partial charge in [0.25, 0.3) is 0 Å². The molecule has 1 N–H and O–H groups in total. The molecule has 1 aliphatic heterocycles. The molecule has 3 aromatic rings. The van der Waals surface area contributed by atoms with Crippen LogP contribution in [0.2, 0.25) is 0 Å². The smallest absolute Gasteiger partial charge is 0.177 e. The molecule has 0 spiro atoms. The van der Waals surface area contributed by atoms with Crippen LogP contribution in [0.3, 0.4) is 0 Å². The highest BCUT2D eigenvalue weighted by atomic mass is 15.3. The molecule has 1 saturated heterocycles. The quantitative estimate of drug-likeness (QED) is 0.805. The SMILES string of the molecule is Cc1cc(Nc2cccc(N3CCCCC3)n2)c2nccn2n1. The monoisotopic (exact) mass is 308 g/mol. The fourth-order valence-corrected chi connectivity index (χ4v) is 3.06. The van der Waals surface area contributed by atoms with Crippen molar-refractivity contribution in [2.75, 3.05) is 23.3 Å². The van der Waals surface area contributed by atoms with Gasteiger partial charge in [-0.2, -0.15) is 5.10 Å². The van der Waals surface area contributed by atoms with Crippen molar-refractivity contribution in [1.29, 1.82) is 0 Å². The number of pyridine rings is 1. The van der Waals surface area contributed by atoms with Gasteiger partial charge < -0.3 is 10.2 Å². The second-order valence-electron chi connectivity index (χ2n) is 5.95. The van der Waals surface area contributed by atoms with E-state index in [1.54, 1.807) is 10.7 Å². The first kappa shape index (κ1) is 14.0. The zero-order valence-electron chi connectivity index (χ0n) is 13.2. The number of hydrogen-bond donors (Lipinski definition) is 1. The highest BCUT2D eigenvalue weighted by Crippen LogP contribution is 2.23. The Morgan fingerprint density at radius 3 is 2.87 bits per heavy atom. The van der Waals surface area contributed by atoms with Gasteiger partial charge in [0.1, 0.15) is 11.6 Å². The molecule has 0 aromatic carbocycles. The minimum absolute atomic E-state index is 0.806. The van der Waals surface area contributed by atoms with Gasteiger partial charge in [-0.1, -0.05) is 6.07 Å². The standard InChI is InChI=1S/C17H20N6/c1-13-12-14(17-18-8-11-23(17)21-13)19-15-6-5-7-16(20-15)22-9-3-2-4-10-22/h5-8,11-12H,2-4,9-10H2,1H3,(H,19,20). The first-order valence-electron chi connectivity index (χ1n) is 8.10. The van der Waals surface area contributed by atoms with Crippen molar-refractivity contribution in [2.45, 2.75) is 26.2 Å². The van der Waals surface area contributed by atoms with Crippen molar-refractivity contribution in [3.8, 4) is 0 Å². The van der Waals surface area contributed by atoms with E-state index in [1.807, 2.05) is 25.3 Å². The van der Waals surface area contributed by atoms with Crippen molar-refractivity contribution in [3.63, 3.8) is 0 Å². The molecule has 4 heterocycles. The number of aryl methyl sites for hydroxylation is 1. The van der Waals surface area contributed by atoms with Crippen LogP contribution in [0.15, 0.2) is 36.7 Å². The Hall–Kier alpha value is -2.63. The van der Waals surface area contributed by atoms with Crippen LogP contribution >= 0.6 is 0 Å². The summed E-state index contributed by atoms with van der Waals surface area (Å²) >= 11 is 0. The Kier molecular flexibility index (Phi) is 3.57. The number of nitrogens with one attached hydrogen (secondary N) is 1. The topological polar surface area (TPSA) is 58.3 Å². The lowest BCUT2D eigenvalue weighted by Crippen LogP contribution is -2.30. The van der Waals surface area contributed by atoms with Crippen molar-refractivity contribution in [2.24, 2.45) is 0 Å². The molecule has 23 heavy (non-hydrogen) atoms. The predicted octanol–water partition coefficient (Wildman–Crippen LogP) is 3.17. The summed E-state index contributed by atoms with van der Waals surface area (Å²) in [6.07, 6.45) is 7.42. The normalized spacial score (nSPS) is 15.1. The molecule has 118 valence electrons. The van der Waals surface area contributed by atoms with Crippen LogP contribution in [0.25, 0.3) is 5.65 Å². The lowest BCUT2D eigenvalue weighted by atomic mass is 10.1. The molecule has 1 fully saturated rings. The van der Waals surface area contributed by atoms with Crippen LogP contribution in [-0.4, -0.2) is 32.7 Å². The third kappa shape index (κ3) is 2.84. The molecular weight excluding hydrogens is 288 g/mol. The molecule has 0 saturated carbocycles. The zero-order chi connectivity index (χ0) is 15.6. The molecule has 3 aromatic heterocycles. The fourth-order valence-electron chi connectivity index (χ4n) is 3.06. The number of anilines is 3. The van der Waals surface area contributed by atoms with Gasteiger partial charge in [-0.15, -0.1) is 0 Å². The summed E-state index contributed by atoms with van der Waals surface area (Å²) in [5.41, 5.74) is 2.66. The Bertz CT molecular complexity index is 819. The third-order valence-electron chi connectivity index (χ3n) is 4.16. The second-order valence-corrected chi connectivity index (χ2v) is 5.95. The van der Waals surface area contributed by atoms with Gasteiger partial charge in [0.2, 0.25) is 0 Å². The first-order chi connectivity index (χ1) is 11.3. The maximum Gasteiger partial charge on any atom is 0.177 e. The van der Waals surface area contributed by atoms with E-state index in [9.17, 15) is 0 Å². The van der Waals surface area contributed by atoms with Gasteiger partial charge in [-0.3, -0.25) is 0 Å². The number of aromatic nitrogens is 4. The van der Waals surface area contributed by atoms with E-state index in [2.05, 4.69) is 32.4 Å². The summed E-state index contributed by atoms with van der Waals surface area (Å²) < 4.78 is 1.78. The van der Waals surface area contributed by atoms with E-state index in [4.69, 9.17) is 4.98 Å². The van der Waals surface area contributed by atoms with E-state index in [0.717, 1.165) is 41.8 Å². The Balaban J connectivity index is 1.64. The van der Waals surface area contributed by atoms with Crippen LogP contribution in [0.4, 0.5) is 17.3 Å². The van der Waals surface area contributed by atoms with Gasteiger partial charge >= 0.3 is 0 Å². The largest absolute Gasteiger partial charge is 0.357 e. The number of piperidine rings is 1. The average Bonchev–Trinajstić information content (AvgIpc) is 3.04. The Labute approximate surface area is 135 Å². The number of hydrogen-bond acceptors (Lipinski definition) is 5. The van der Waals surface area contributed by atoms with Gasteiger partial charge in [0.15, 0.2) is 5.65 Å². The second kappa shape index (κ2) is 5.87. The third-order valence-corrected chi connectivity index (χ3v) is 4.16. The number of imidazole rings is 1. The van der Waals surface area contributed by atoms with Crippen LogP contribution in [0, 0.1) is 6.92 Å². The van der Waals surface area contributed by atoms with E-state index in [-0.39, 0.29) is 0 Å². The predicted molar refractivity (Wildman–Crippen MR) is 91.3 cm³/mol. The molecule has 6 heteroatoms. The van der Waals surface area contributed by atoms with E-state index in [1.165, 1.54) is 19.3 Å². The molecule has 0 amide bonds. The minimum Gasteiger partial charge on any atom is -0.357 e. The van der Waals surface area contributed by atoms with Gasteiger partial charge in [-0.05, 0) is 44.4 Å².